The molecule has 2 amide bonds. The number of rotatable bonds is 10. The molecule has 0 radical (unpaired) electrons. The van der Waals surface area contributed by atoms with Crippen LogP contribution < -0.4 is 10.9 Å². The van der Waals surface area contributed by atoms with Crippen molar-refractivity contribution >= 4 is 6.03 Å². The van der Waals surface area contributed by atoms with Crippen LogP contribution in [-0.2, 0) is 6.42 Å². The van der Waals surface area contributed by atoms with Gasteiger partial charge in [0.15, 0.2) is 0 Å². The van der Waals surface area contributed by atoms with Gasteiger partial charge in [0, 0.05) is 38.6 Å². The number of hydrogen-bond donors (Lipinski definition) is 2. The van der Waals surface area contributed by atoms with Gasteiger partial charge in [-0.3, -0.25) is 10.0 Å². The molecule has 0 bridgehead atoms. The van der Waals surface area contributed by atoms with Crippen molar-refractivity contribution in [1.82, 2.24) is 25.8 Å². The second-order valence-corrected chi connectivity index (χ2v) is 7.57. The lowest BCUT2D eigenvalue weighted by Gasteiger charge is -2.20. The van der Waals surface area contributed by atoms with Crippen LogP contribution in [0.3, 0.4) is 0 Å². The van der Waals surface area contributed by atoms with E-state index < -0.39 is 0 Å². The summed E-state index contributed by atoms with van der Waals surface area (Å²) in [6, 6.07) is 10.7. The SMILES string of the molecule is CCCCN1C=C(CCCCN2C[C@H](Cc3ccccc3)NC2=O)N(C)N1. The summed E-state index contributed by atoms with van der Waals surface area (Å²) in [7, 11) is 2.07. The van der Waals surface area contributed by atoms with E-state index in [1.807, 2.05) is 11.0 Å². The zero-order valence-electron chi connectivity index (χ0n) is 16.7. The third-order valence-electron chi connectivity index (χ3n) is 5.26. The van der Waals surface area contributed by atoms with Gasteiger partial charge in [0.25, 0.3) is 0 Å². The molecule has 0 unspecified atom stereocenters. The van der Waals surface area contributed by atoms with E-state index in [0.717, 1.165) is 45.3 Å². The minimum atomic E-state index is 0.0838. The number of unbranched alkanes of at least 4 members (excludes halogenated alkanes) is 2. The fourth-order valence-corrected chi connectivity index (χ4v) is 3.70. The number of hydrogen-bond acceptors (Lipinski definition) is 4. The lowest BCUT2D eigenvalue weighted by molar-refractivity contribution is 0.150. The van der Waals surface area contributed by atoms with E-state index in [2.05, 4.69) is 65.3 Å². The molecule has 2 heterocycles. The van der Waals surface area contributed by atoms with E-state index in [9.17, 15) is 4.79 Å². The van der Waals surface area contributed by atoms with Crippen LogP contribution in [-0.4, -0.2) is 53.7 Å². The molecule has 1 atom stereocenters. The Balaban J connectivity index is 1.36. The van der Waals surface area contributed by atoms with Gasteiger partial charge in [-0.2, -0.15) is 0 Å². The average Bonchev–Trinajstić information content (AvgIpc) is 3.19. The molecule has 2 aliphatic heterocycles. The van der Waals surface area contributed by atoms with E-state index in [4.69, 9.17) is 0 Å². The first-order valence-electron chi connectivity index (χ1n) is 10.2. The summed E-state index contributed by atoms with van der Waals surface area (Å²) in [5.74, 6) is 0. The fourth-order valence-electron chi connectivity index (χ4n) is 3.70. The van der Waals surface area contributed by atoms with E-state index in [0.29, 0.717) is 0 Å². The summed E-state index contributed by atoms with van der Waals surface area (Å²) in [5.41, 5.74) is 5.95. The standard InChI is InChI=1S/C21H33N5O/c1-3-4-14-26-17-20(24(2)23-26)12-8-9-13-25-16-19(22-21(25)27)15-18-10-6-5-7-11-18/h5-7,10-11,17,19,23H,3-4,8-9,12-16H2,1-2H3,(H,22,27)/t19-/m0/s1. The molecule has 1 fully saturated rings. The van der Waals surface area contributed by atoms with Gasteiger partial charge in [0.05, 0.1) is 6.04 Å². The Bertz CT molecular complexity index is 633. The summed E-state index contributed by atoms with van der Waals surface area (Å²) >= 11 is 0. The molecule has 6 nitrogen and oxygen atoms in total. The van der Waals surface area contributed by atoms with Crippen molar-refractivity contribution in [2.24, 2.45) is 0 Å². The van der Waals surface area contributed by atoms with E-state index in [1.54, 1.807) is 0 Å². The zero-order chi connectivity index (χ0) is 19.1. The molecular weight excluding hydrogens is 338 g/mol. The first-order chi connectivity index (χ1) is 13.2. The van der Waals surface area contributed by atoms with Crippen molar-refractivity contribution in [1.29, 1.82) is 0 Å². The van der Waals surface area contributed by atoms with Crippen molar-refractivity contribution in [2.45, 2.75) is 51.5 Å². The molecule has 2 aliphatic rings. The van der Waals surface area contributed by atoms with Crippen LogP contribution in [0.1, 0.15) is 44.6 Å². The van der Waals surface area contributed by atoms with Gasteiger partial charge in [0.2, 0.25) is 0 Å². The molecule has 6 heteroatoms. The Labute approximate surface area is 163 Å². The van der Waals surface area contributed by atoms with Crippen LogP contribution in [0.15, 0.2) is 42.2 Å². The largest absolute Gasteiger partial charge is 0.333 e. The summed E-state index contributed by atoms with van der Waals surface area (Å²) < 4.78 is 0. The van der Waals surface area contributed by atoms with Crippen LogP contribution in [0.5, 0.6) is 0 Å². The van der Waals surface area contributed by atoms with Crippen LogP contribution >= 0.6 is 0 Å². The van der Waals surface area contributed by atoms with Crippen LogP contribution in [0.4, 0.5) is 4.79 Å². The first-order valence-corrected chi connectivity index (χ1v) is 10.2. The predicted octanol–water partition coefficient (Wildman–Crippen LogP) is 3.10. The van der Waals surface area contributed by atoms with Crippen molar-refractivity contribution in [2.75, 3.05) is 26.7 Å². The number of allylic oxidation sites excluding steroid dienone is 1. The third-order valence-corrected chi connectivity index (χ3v) is 5.26. The number of amides is 2. The maximum Gasteiger partial charge on any atom is 0.317 e. The van der Waals surface area contributed by atoms with Crippen LogP contribution in [0.25, 0.3) is 0 Å². The molecule has 1 aromatic carbocycles. The number of carbonyl (C=O) groups is 1. The van der Waals surface area contributed by atoms with Gasteiger partial charge in [-0.1, -0.05) is 43.7 Å². The number of carbonyl (C=O) groups excluding carboxylic acids is 1. The Morgan fingerprint density at radius 2 is 1.93 bits per heavy atom. The third kappa shape index (κ3) is 5.63. The van der Waals surface area contributed by atoms with Crippen molar-refractivity contribution in [3.63, 3.8) is 0 Å². The van der Waals surface area contributed by atoms with Gasteiger partial charge in [0.1, 0.15) is 0 Å². The summed E-state index contributed by atoms with van der Waals surface area (Å²) in [6.07, 6.45) is 8.68. The lowest BCUT2D eigenvalue weighted by Crippen LogP contribution is -2.38. The normalized spacial score (nSPS) is 19.6. The van der Waals surface area contributed by atoms with Gasteiger partial charge >= 0.3 is 6.03 Å². The number of nitrogens with zero attached hydrogens (tertiary/aromatic N) is 3. The highest BCUT2D eigenvalue weighted by molar-refractivity contribution is 5.76. The summed E-state index contributed by atoms with van der Waals surface area (Å²) in [4.78, 5) is 14.2. The summed E-state index contributed by atoms with van der Waals surface area (Å²) in [5, 5.41) is 7.39. The van der Waals surface area contributed by atoms with Gasteiger partial charge in [-0.05, 0) is 37.7 Å². The van der Waals surface area contributed by atoms with Crippen molar-refractivity contribution < 1.29 is 4.79 Å². The molecule has 2 N–H and O–H groups in total. The second-order valence-electron chi connectivity index (χ2n) is 7.57. The minimum absolute atomic E-state index is 0.0838. The highest BCUT2D eigenvalue weighted by atomic mass is 16.2. The van der Waals surface area contributed by atoms with Gasteiger partial charge in [-0.15, -0.1) is 5.53 Å². The number of hydrazine groups is 2. The molecule has 0 aliphatic carbocycles. The zero-order valence-corrected chi connectivity index (χ0v) is 16.7. The highest BCUT2D eigenvalue weighted by Gasteiger charge is 2.28. The Morgan fingerprint density at radius 1 is 1.11 bits per heavy atom. The van der Waals surface area contributed by atoms with E-state index >= 15 is 0 Å². The molecule has 3 rings (SSSR count). The lowest BCUT2D eigenvalue weighted by atomic mass is 10.1. The highest BCUT2D eigenvalue weighted by Crippen LogP contribution is 2.17. The van der Waals surface area contributed by atoms with Gasteiger partial charge < -0.3 is 10.2 Å². The molecular formula is C21H33N5O. The average molecular weight is 372 g/mol. The van der Waals surface area contributed by atoms with E-state index in [1.165, 1.54) is 24.1 Å². The Kier molecular flexibility index (Phi) is 6.98. The maximum atomic E-state index is 12.2. The maximum absolute atomic E-state index is 12.2. The van der Waals surface area contributed by atoms with Crippen molar-refractivity contribution in [3.05, 3.63) is 47.8 Å². The second kappa shape index (κ2) is 9.65. The Morgan fingerprint density at radius 3 is 2.70 bits per heavy atom. The van der Waals surface area contributed by atoms with Crippen LogP contribution in [0.2, 0.25) is 0 Å². The number of nitrogens with one attached hydrogen (secondary N) is 2. The Hall–Kier alpha value is -2.21. The van der Waals surface area contributed by atoms with E-state index in [-0.39, 0.29) is 12.1 Å². The predicted molar refractivity (Wildman–Crippen MR) is 108 cm³/mol. The van der Waals surface area contributed by atoms with Crippen LogP contribution in [0, 0.1) is 0 Å². The summed E-state index contributed by atoms with van der Waals surface area (Å²) in [6.45, 7) is 4.90. The smallest absolute Gasteiger partial charge is 0.317 e. The van der Waals surface area contributed by atoms with Crippen molar-refractivity contribution in [3.8, 4) is 0 Å². The molecule has 0 spiro atoms. The topological polar surface area (TPSA) is 50.9 Å². The molecule has 1 aromatic rings. The fraction of sp³-hybridized carbons (Fsp3) is 0.571. The quantitative estimate of drug-likeness (QED) is 0.621. The monoisotopic (exact) mass is 371 g/mol. The molecule has 0 saturated carbocycles. The molecule has 148 valence electrons. The first kappa shape index (κ1) is 19.5. The minimum Gasteiger partial charge on any atom is -0.333 e. The number of urea groups is 1. The molecule has 27 heavy (non-hydrogen) atoms. The number of benzene rings is 1. The molecule has 0 aromatic heterocycles. The van der Waals surface area contributed by atoms with Gasteiger partial charge in [-0.25, -0.2) is 4.79 Å². The molecule has 1 saturated heterocycles.